The summed E-state index contributed by atoms with van der Waals surface area (Å²) in [5.41, 5.74) is 0. The molecule has 1 heterocycles. The predicted molar refractivity (Wildman–Crippen MR) is 66.6 cm³/mol. The van der Waals surface area contributed by atoms with Crippen LogP contribution in [-0.4, -0.2) is 36.8 Å². The maximum Gasteiger partial charge on any atom is 0.224 e. The summed E-state index contributed by atoms with van der Waals surface area (Å²) >= 11 is 0. The highest BCUT2D eigenvalue weighted by atomic mass is 16.3. The van der Waals surface area contributed by atoms with E-state index in [-0.39, 0.29) is 17.9 Å². The summed E-state index contributed by atoms with van der Waals surface area (Å²) in [4.78, 5) is 11.9. The lowest BCUT2D eigenvalue weighted by atomic mass is 9.87. The molecule has 2 unspecified atom stereocenters. The summed E-state index contributed by atoms with van der Waals surface area (Å²) in [5, 5.41) is 15.9. The molecule has 3 atom stereocenters. The van der Waals surface area contributed by atoms with Crippen molar-refractivity contribution in [3.05, 3.63) is 0 Å². The summed E-state index contributed by atoms with van der Waals surface area (Å²) in [6.45, 7) is 2.60. The van der Waals surface area contributed by atoms with Gasteiger partial charge in [-0.2, -0.15) is 0 Å². The third-order valence-electron chi connectivity index (χ3n) is 3.99. The van der Waals surface area contributed by atoms with Gasteiger partial charge in [-0.05, 0) is 44.6 Å². The molecule has 3 N–H and O–H groups in total. The first-order valence-corrected chi connectivity index (χ1v) is 6.92. The van der Waals surface area contributed by atoms with Gasteiger partial charge < -0.3 is 15.7 Å². The molecule has 0 bridgehead atoms. The van der Waals surface area contributed by atoms with Crippen LogP contribution in [0.2, 0.25) is 0 Å². The van der Waals surface area contributed by atoms with Crippen LogP contribution in [0.3, 0.4) is 0 Å². The average molecular weight is 240 g/mol. The normalized spacial score (nSPS) is 34.3. The molecule has 2 rings (SSSR count). The standard InChI is InChI=1S/C13H24N2O2/c16-12-5-1-3-10(7-12)8-15-13(17)11-4-2-6-14-9-11/h10-12,14,16H,1-9H2,(H,15,17)/t10?,11-,12?/m1/s1. The van der Waals surface area contributed by atoms with Crippen molar-refractivity contribution in [1.82, 2.24) is 10.6 Å². The summed E-state index contributed by atoms with van der Waals surface area (Å²) in [7, 11) is 0. The predicted octanol–water partition coefficient (Wildman–Crippen LogP) is 0.653. The van der Waals surface area contributed by atoms with Crippen LogP contribution < -0.4 is 10.6 Å². The van der Waals surface area contributed by atoms with Crippen molar-refractivity contribution in [2.24, 2.45) is 11.8 Å². The summed E-state index contributed by atoms with van der Waals surface area (Å²) in [6, 6.07) is 0. The zero-order valence-electron chi connectivity index (χ0n) is 10.5. The van der Waals surface area contributed by atoms with E-state index in [0.29, 0.717) is 5.92 Å². The Hall–Kier alpha value is -0.610. The van der Waals surface area contributed by atoms with E-state index in [2.05, 4.69) is 10.6 Å². The lowest BCUT2D eigenvalue weighted by Gasteiger charge is -2.27. The Balaban J connectivity index is 1.68. The first-order chi connectivity index (χ1) is 8.25. The van der Waals surface area contributed by atoms with Crippen molar-refractivity contribution in [2.45, 2.75) is 44.6 Å². The van der Waals surface area contributed by atoms with Gasteiger partial charge in [0.05, 0.1) is 12.0 Å². The second kappa shape index (κ2) is 6.36. The van der Waals surface area contributed by atoms with E-state index in [1.807, 2.05) is 0 Å². The third kappa shape index (κ3) is 3.96. The number of piperidine rings is 1. The van der Waals surface area contributed by atoms with Crippen molar-refractivity contribution in [3.8, 4) is 0 Å². The van der Waals surface area contributed by atoms with Gasteiger partial charge in [0.15, 0.2) is 0 Å². The van der Waals surface area contributed by atoms with Crippen LogP contribution in [0.5, 0.6) is 0 Å². The molecule has 0 spiro atoms. The Bertz CT molecular complexity index is 252. The molecule has 1 amide bonds. The van der Waals surface area contributed by atoms with Crippen LogP contribution in [0.4, 0.5) is 0 Å². The highest BCUT2D eigenvalue weighted by molar-refractivity contribution is 5.78. The fraction of sp³-hybridized carbons (Fsp3) is 0.923. The number of hydrogen-bond acceptors (Lipinski definition) is 3. The molecular formula is C13H24N2O2. The van der Waals surface area contributed by atoms with Gasteiger partial charge in [0.25, 0.3) is 0 Å². The van der Waals surface area contributed by atoms with Crippen LogP contribution in [0.15, 0.2) is 0 Å². The van der Waals surface area contributed by atoms with Gasteiger partial charge in [-0.25, -0.2) is 0 Å². The number of carbonyl (C=O) groups excluding carboxylic acids is 1. The maximum atomic E-state index is 11.9. The van der Waals surface area contributed by atoms with Crippen molar-refractivity contribution >= 4 is 5.91 Å². The summed E-state index contributed by atoms with van der Waals surface area (Å²) in [6.07, 6.45) is 5.96. The fourth-order valence-electron chi connectivity index (χ4n) is 2.91. The molecule has 17 heavy (non-hydrogen) atoms. The molecular weight excluding hydrogens is 216 g/mol. The quantitative estimate of drug-likeness (QED) is 0.679. The second-order valence-corrected chi connectivity index (χ2v) is 5.47. The minimum atomic E-state index is -0.151. The number of rotatable bonds is 3. The van der Waals surface area contributed by atoms with Gasteiger partial charge in [0.1, 0.15) is 0 Å². The molecule has 0 aromatic carbocycles. The zero-order valence-corrected chi connectivity index (χ0v) is 10.5. The van der Waals surface area contributed by atoms with Crippen molar-refractivity contribution in [1.29, 1.82) is 0 Å². The monoisotopic (exact) mass is 240 g/mol. The molecule has 1 aliphatic carbocycles. The minimum Gasteiger partial charge on any atom is -0.393 e. The van der Waals surface area contributed by atoms with E-state index in [1.54, 1.807) is 0 Å². The Morgan fingerprint density at radius 3 is 2.88 bits per heavy atom. The van der Waals surface area contributed by atoms with E-state index >= 15 is 0 Å². The molecule has 1 aliphatic heterocycles. The van der Waals surface area contributed by atoms with Crippen LogP contribution >= 0.6 is 0 Å². The molecule has 1 saturated heterocycles. The van der Waals surface area contributed by atoms with Crippen molar-refractivity contribution in [3.63, 3.8) is 0 Å². The molecule has 4 nitrogen and oxygen atoms in total. The number of aliphatic hydroxyl groups excluding tert-OH is 1. The van der Waals surface area contributed by atoms with Crippen LogP contribution in [0.25, 0.3) is 0 Å². The van der Waals surface area contributed by atoms with Crippen LogP contribution in [0.1, 0.15) is 38.5 Å². The molecule has 98 valence electrons. The molecule has 2 aliphatic rings. The first-order valence-electron chi connectivity index (χ1n) is 6.92. The molecule has 0 radical (unpaired) electrons. The average Bonchev–Trinajstić information content (AvgIpc) is 2.37. The van der Waals surface area contributed by atoms with Crippen molar-refractivity contribution < 1.29 is 9.90 Å². The smallest absolute Gasteiger partial charge is 0.224 e. The Morgan fingerprint density at radius 2 is 2.18 bits per heavy atom. The number of carbonyl (C=O) groups is 1. The number of amides is 1. The van der Waals surface area contributed by atoms with Gasteiger partial charge in [0, 0.05) is 13.1 Å². The van der Waals surface area contributed by atoms with Gasteiger partial charge in [0.2, 0.25) is 5.91 Å². The Labute approximate surface area is 103 Å². The number of aliphatic hydroxyl groups is 1. The second-order valence-electron chi connectivity index (χ2n) is 5.47. The summed E-state index contributed by atoms with van der Waals surface area (Å²) in [5.74, 6) is 0.814. The fourth-order valence-corrected chi connectivity index (χ4v) is 2.91. The highest BCUT2D eigenvalue weighted by Gasteiger charge is 2.23. The number of nitrogens with one attached hydrogen (secondary N) is 2. The van der Waals surface area contributed by atoms with Gasteiger partial charge in [-0.3, -0.25) is 4.79 Å². The Kier molecular flexibility index (Phi) is 4.80. The molecule has 0 aromatic heterocycles. The highest BCUT2D eigenvalue weighted by Crippen LogP contribution is 2.23. The first kappa shape index (κ1) is 12.8. The topological polar surface area (TPSA) is 61.4 Å². The van der Waals surface area contributed by atoms with E-state index in [1.165, 1.54) is 0 Å². The van der Waals surface area contributed by atoms with Gasteiger partial charge >= 0.3 is 0 Å². The van der Waals surface area contributed by atoms with E-state index < -0.39 is 0 Å². The largest absolute Gasteiger partial charge is 0.393 e. The summed E-state index contributed by atoms with van der Waals surface area (Å²) < 4.78 is 0. The molecule has 2 fully saturated rings. The maximum absolute atomic E-state index is 11.9. The third-order valence-corrected chi connectivity index (χ3v) is 3.99. The van der Waals surface area contributed by atoms with E-state index in [0.717, 1.165) is 58.2 Å². The van der Waals surface area contributed by atoms with Gasteiger partial charge in [-0.1, -0.05) is 6.42 Å². The molecule has 0 aromatic rings. The minimum absolute atomic E-state index is 0.150. The van der Waals surface area contributed by atoms with E-state index in [4.69, 9.17) is 0 Å². The number of hydrogen-bond donors (Lipinski definition) is 3. The lowest BCUT2D eigenvalue weighted by molar-refractivity contribution is -0.125. The molecule has 1 saturated carbocycles. The zero-order chi connectivity index (χ0) is 12.1. The van der Waals surface area contributed by atoms with E-state index in [9.17, 15) is 9.90 Å². The van der Waals surface area contributed by atoms with Crippen LogP contribution in [-0.2, 0) is 4.79 Å². The molecule has 4 heteroatoms. The Morgan fingerprint density at radius 1 is 1.29 bits per heavy atom. The van der Waals surface area contributed by atoms with Crippen LogP contribution in [0, 0.1) is 11.8 Å². The lowest BCUT2D eigenvalue weighted by Crippen LogP contribution is -2.42. The SMILES string of the molecule is O=C(NCC1CCCC(O)C1)[C@@H]1CCCNC1. The van der Waals surface area contributed by atoms with Gasteiger partial charge in [-0.15, -0.1) is 0 Å². The van der Waals surface area contributed by atoms with Crippen molar-refractivity contribution in [2.75, 3.05) is 19.6 Å².